The summed E-state index contributed by atoms with van der Waals surface area (Å²) in [7, 11) is 0. The SMILES string of the molecule is NCc1nc(C(=O)N2CCC(NC(=O)C3CC3)CC2)cs1. The Balaban J connectivity index is 1.50. The highest BCUT2D eigenvalue weighted by atomic mass is 32.1. The van der Waals surface area contributed by atoms with Crippen LogP contribution in [-0.4, -0.2) is 40.8 Å². The Morgan fingerprint density at radius 2 is 2.05 bits per heavy atom. The lowest BCUT2D eigenvalue weighted by atomic mass is 10.0. The predicted molar refractivity (Wildman–Crippen MR) is 79.8 cm³/mol. The van der Waals surface area contributed by atoms with Crippen molar-refractivity contribution in [2.24, 2.45) is 11.7 Å². The molecular weight excluding hydrogens is 288 g/mol. The fourth-order valence-corrected chi connectivity index (χ4v) is 3.20. The molecule has 114 valence electrons. The van der Waals surface area contributed by atoms with Gasteiger partial charge in [0.05, 0.1) is 0 Å². The molecule has 2 heterocycles. The van der Waals surface area contributed by atoms with Crippen molar-refractivity contribution in [1.82, 2.24) is 15.2 Å². The number of aromatic nitrogens is 1. The summed E-state index contributed by atoms with van der Waals surface area (Å²) < 4.78 is 0. The lowest BCUT2D eigenvalue weighted by Gasteiger charge is -2.32. The van der Waals surface area contributed by atoms with Crippen LogP contribution in [0.25, 0.3) is 0 Å². The van der Waals surface area contributed by atoms with Crippen molar-refractivity contribution in [3.05, 3.63) is 16.1 Å². The number of piperidine rings is 1. The van der Waals surface area contributed by atoms with Crippen LogP contribution in [0.2, 0.25) is 0 Å². The van der Waals surface area contributed by atoms with Crippen molar-refractivity contribution in [1.29, 1.82) is 0 Å². The summed E-state index contributed by atoms with van der Waals surface area (Å²) in [4.78, 5) is 30.1. The molecule has 1 aliphatic heterocycles. The molecule has 1 saturated carbocycles. The van der Waals surface area contributed by atoms with Gasteiger partial charge >= 0.3 is 0 Å². The molecule has 0 unspecified atom stereocenters. The van der Waals surface area contributed by atoms with Crippen molar-refractivity contribution < 1.29 is 9.59 Å². The van der Waals surface area contributed by atoms with Crippen LogP contribution in [0.4, 0.5) is 0 Å². The van der Waals surface area contributed by atoms with Crippen LogP contribution in [-0.2, 0) is 11.3 Å². The van der Waals surface area contributed by atoms with Crippen LogP contribution in [0.15, 0.2) is 5.38 Å². The molecule has 1 aromatic rings. The van der Waals surface area contributed by atoms with Gasteiger partial charge in [-0.25, -0.2) is 4.98 Å². The third kappa shape index (κ3) is 3.41. The van der Waals surface area contributed by atoms with Gasteiger partial charge in [-0.15, -0.1) is 11.3 Å². The average molecular weight is 308 g/mol. The van der Waals surface area contributed by atoms with E-state index in [0.717, 1.165) is 30.7 Å². The molecule has 0 aromatic carbocycles. The maximum Gasteiger partial charge on any atom is 0.273 e. The zero-order chi connectivity index (χ0) is 14.8. The molecule has 1 aromatic heterocycles. The summed E-state index contributed by atoms with van der Waals surface area (Å²) >= 11 is 1.42. The Morgan fingerprint density at radius 3 is 2.62 bits per heavy atom. The number of amides is 2. The van der Waals surface area contributed by atoms with E-state index < -0.39 is 0 Å². The molecule has 2 fully saturated rings. The Kier molecular flexibility index (Phi) is 4.21. The van der Waals surface area contributed by atoms with Gasteiger partial charge in [-0.1, -0.05) is 0 Å². The van der Waals surface area contributed by atoms with E-state index >= 15 is 0 Å². The number of hydrogen-bond donors (Lipinski definition) is 2. The number of carbonyl (C=O) groups excluding carboxylic acids is 2. The molecular formula is C14H20N4O2S. The first-order valence-electron chi connectivity index (χ1n) is 7.41. The Morgan fingerprint density at radius 1 is 1.33 bits per heavy atom. The lowest BCUT2D eigenvalue weighted by Crippen LogP contribution is -2.47. The van der Waals surface area contributed by atoms with Crippen LogP contribution in [0, 0.1) is 5.92 Å². The summed E-state index contributed by atoms with van der Waals surface area (Å²) in [5.74, 6) is 0.402. The molecule has 3 N–H and O–H groups in total. The summed E-state index contributed by atoms with van der Waals surface area (Å²) in [5.41, 5.74) is 6.01. The lowest BCUT2D eigenvalue weighted by molar-refractivity contribution is -0.123. The number of likely N-dealkylation sites (tertiary alicyclic amines) is 1. The van der Waals surface area contributed by atoms with E-state index in [1.54, 1.807) is 5.38 Å². The highest BCUT2D eigenvalue weighted by Gasteiger charge is 2.32. The zero-order valence-corrected chi connectivity index (χ0v) is 12.7. The molecule has 0 atom stereocenters. The zero-order valence-electron chi connectivity index (χ0n) is 11.9. The second-order valence-electron chi connectivity index (χ2n) is 5.68. The first-order chi connectivity index (χ1) is 10.2. The summed E-state index contributed by atoms with van der Waals surface area (Å²) in [6.45, 7) is 1.71. The number of hydrogen-bond acceptors (Lipinski definition) is 5. The molecule has 0 radical (unpaired) electrons. The maximum absolute atomic E-state index is 12.3. The van der Waals surface area contributed by atoms with E-state index in [0.29, 0.717) is 25.3 Å². The van der Waals surface area contributed by atoms with Crippen LogP contribution in [0.5, 0.6) is 0 Å². The van der Waals surface area contributed by atoms with Gasteiger partial charge in [-0.2, -0.15) is 0 Å². The highest BCUT2D eigenvalue weighted by Crippen LogP contribution is 2.29. The van der Waals surface area contributed by atoms with Gasteiger partial charge in [0.1, 0.15) is 10.7 Å². The quantitative estimate of drug-likeness (QED) is 0.858. The fourth-order valence-electron chi connectivity index (χ4n) is 2.56. The Labute approximate surface area is 127 Å². The van der Waals surface area contributed by atoms with E-state index in [4.69, 9.17) is 5.73 Å². The van der Waals surface area contributed by atoms with Gasteiger partial charge in [0.25, 0.3) is 5.91 Å². The van der Waals surface area contributed by atoms with E-state index in [9.17, 15) is 9.59 Å². The summed E-state index contributed by atoms with van der Waals surface area (Å²) in [5, 5.41) is 5.64. The predicted octanol–water partition coefficient (Wildman–Crippen LogP) is 0.733. The van der Waals surface area contributed by atoms with Gasteiger partial charge in [-0.05, 0) is 25.7 Å². The van der Waals surface area contributed by atoms with Crippen molar-refractivity contribution in [2.75, 3.05) is 13.1 Å². The van der Waals surface area contributed by atoms with E-state index in [1.165, 1.54) is 11.3 Å². The average Bonchev–Trinajstić information content (AvgIpc) is 3.25. The molecule has 6 nitrogen and oxygen atoms in total. The maximum atomic E-state index is 12.3. The van der Waals surface area contributed by atoms with Gasteiger partial charge in [0.2, 0.25) is 5.91 Å². The first-order valence-corrected chi connectivity index (χ1v) is 8.29. The van der Waals surface area contributed by atoms with Crippen LogP contribution >= 0.6 is 11.3 Å². The van der Waals surface area contributed by atoms with Crippen molar-refractivity contribution in [2.45, 2.75) is 38.3 Å². The highest BCUT2D eigenvalue weighted by molar-refractivity contribution is 7.09. The number of rotatable bonds is 4. The van der Waals surface area contributed by atoms with Crippen LogP contribution in [0.1, 0.15) is 41.2 Å². The third-order valence-corrected chi connectivity index (χ3v) is 4.89. The normalized spacial score (nSPS) is 19.6. The monoisotopic (exact) mass is 308 g/mol. The van der Waals surface area contributed by atoms with Crippen molar-refractivity contribution in [3.63, 3.8) is 0 Å². The van der Waals surface area contributed by atoms with Gasteiger partial charge in [0, 0.05) is 37.0 Å². The molecule has 7 heteroatoms. The number of nitrogens with two attached hydrogens (primary N) is 1. The standard InChI is InChI=1S/C14H20N4O2S/c15-7-12-17-11(8-21-12)14(20)18-5-3-10(4-6-18)16-13(19)9-1-2-9/h8-10H,1-7,15H2,(H,16,19). The number of thiazole rings is 1. The van der Waals surface area contributed by atoms with E-state index in [1.807, 2.05) is 4.90 Å². The first kappa shape index (κ1) is 14.5. The molecule has 2 aliphatic rings. The number of nitrogens with one attached hydrogen (secondary N) is 1. The second-order valence-corrected chi connectivity index (χ2v) is 6.62. The second kappa shape index (κ2) is 6.11. The Bertz CT molecular complexity index is 533. The molecule has 0 bridgehead atoms. The molecule has 3 rings (SSSR count). The summed E-state index contributed by atoms with van der Waals surface area (Å²) in [6.07, 6.45) is 3.68. The van der Waals surface area contributed by atoms with Crippen molar-refractivity contribution >= 4 is 23.2 Å². The molecule has 1 aliphatic carbocycles. The topological polar surface area (TPSA) is 88.3 Å². The minimum atomic E-state index is -0.0297. The van der Waals surface area contributed by atoms with Gasteiger partial charge < -0.3 is 16.0 Å². The van der Waals surface area contributed by atoms with E-state index in [-0.39, 0.29) is 23.8 Å². The number of carbonyl (C=O) groups is 2. The molecule has 2 amide bonds. The summed E-state index contributed by atoms with van der Waals surface area (Å²) in [6, 6.07) is 0.206. The van der Waals surface area contributed by atoms with Gasteiger partial charge in [0.15, 0.2) is 0 Å². The molecule has 0 spiro atoms. The Hall–Kier alpha value is -1.47. The van der Waals surface area contributed by atoms with Crippen LogP contribution in [0.3, 0.4) is 0 Å². The third-order valence-electron chi connectivity index (χ3n) is 4.02. The number of nitrogens with zero attached hydrogens (tertiary/aromatic N) is 2. The molecule has 21 heavy (non-hydrogen) atoms. The smallest absolute Gasteiger partial charge is 0.273 e. The van der Waals surface area contributed by atoms with Crippen LogP contribution < -0.4 is 11.1 Å². The minimum Gasteiger partial charge on any atom is -0.353 e. The minimum absolute atomic E-state index is 0.0297. The van der Waals surface area contributed by atoms with Gasteiger partial charge in [-0.3, -0.25) is 9.59 Å². The van der Waals surface area contributed by atoms with E-state index in [2.05, 4.69) is 10.3 Å². The fraction of sp³-hybridized carbons (Fsp3) is 0.643. The molecule has 1 saturated heterocycles. The van der Waals surface area contributed by atoms with Crippen molar-refractivity contribution in [3.8, 4) is 0 Å². The largest absolute Gasteiger partial charge is 0.353 e.